The molecule has 1 aliphatic rings. The summed E-state index contributed by atoms with van der Waals surface area (Å²) in [7, 11) is 0. The predicted octanol–water partition coefficient (Wildman–Crippen LogP) is 2.48. The van der Waals surface area contributed by atoms with Gasteiger partial charge < -0.3 is 20.0 Å². The van der Waals surface area contributed by atoms with Crippen LogP contribution in [0.5, 0.6) is 0 Å². The van der Waals surface area contributed by atoms with Gasteiger partial charge in [-0.1, -0.05) is 6.92 Å². The maximum absolute atomic E-state index is 13.2. The maximum atomic E-state index is 13.2. The average molecular weight is 415 g/mol. The molecular weight excluding hydrogens is 389 g/mol. The average Bonchev–Trinajstić information content (AvgIpc) is 3.29. The second kappa shape index (κ2) is 10.0. The minimum atomic E-state index is -0.767. The molecule has 1 saturated heterocycles. The molecule has 2 heterocycles. The van der Waals surface area contributed by atoms with Gasteiger partial charge in [0.1, 0.15) is 17.6 Å². The molecule has 1 fully saturated rings. The van der Waals surface area contributed by atoms with Crippen LogP contribution in [0.2, 0.25) is 0 Å². The zero-order valence-electron chi connectivity index (χ0n) is 16.9. The van der Waals surface area contributed by atoms with Crippen molar-refractivity contribution in [3.05, 3.63) is 59.8 Å². The predicted molar refractivity (Wildman–Crippen MR) is 108 cm³/mol. The smallest absolute Gasteiger partial charge is 0.251 e. The topological polar surface area (TPSA) is 91.7 Å². The molecule has 3 amide bonds. The SMILES string of the molecule is CCC(=O)N1CCC([C@H](NC(=O)c2ccc(F)cc2)C(=O)NCc2ccco2)CC1. The highest BCUT2D eigenvalue weighted by molar-refractivity contribution is 5.97. The molecule has 0 unspecified atom stereocenters. The number of hydrogen-bond acceptors (Lipinski definition) is 4. The lowest BCUT2D eigenvalue weighted by Gasteiger charge is -2.35. The molecule has 8 heteroatoms. The van der Waals surface area contributed by atoms with Gasteiger partial charge in [0, 0.05) is 25.1 Å². The van der Waals surface area contributed by atoms with Crippen molar-refractivity contribution in [3.8, 4) is 0 Å². The number of carbonyl (C=O) groups excluding carboxylic acids is 3. The van der Waals surface area contributed by atoms with Crippen LogP contribution in [0, 0.1) is 11.7 Å². The van der Waals surface area contributed by atoms with Crippen molar-refractivity contribution in [3.63, 3.8) is 0 Å². The highest BCUT2D eigenvalue weighted by Crippen LogP contribution is 2.22. The Morgan fingerprint density at radius 3 is 2.47 bits per heavy atom. The van der Waals surface area contributed by atoms with Gasteiger partial charge in [0.25, 0.3) is 5.91 Å². The fourth-order valence-electron chi connectivity index (χ4n) is 3.63. The van der Waals surface area contributed by atoms with E-state index in [-0.39, 0.29) is 29.8 Å². The van der Waals surface area contributed by atoms with Crippen LogP contribution < -0.4 is 10.6 Å². The van der Waals surface area contributed by atoms with E-state index in [2.05, 4.69) is 10.6 Å². The molecule has 30 heavy (non-hydrogen) atoms. The van der Waals surface area contributed by atoms with Crippen LogP contribution >= 0.6 is 0 Å². The van der Waals surface area contributed by atoms with Gasteiger partial charge in [-0.05, 0) is 55.2 Å². The molecular formula is C22H26FN3O4. The molecule has 2 aromatic rings. The minimum Gasteiger partial charge on any atom is -0.467 e. The second-order valence-corrected chi connectivity index (χ2v) is 7.33. The van der Waals surface area contributed by atoms with Gasteiger partial charge >= 0.3 is 0 Å². The van der Waals surface area contributed by atoms with Crippen molar-refractivity contribution in [1.29, 1.82) is 0 Å². The summed E-state index contributed by atoms with van der Waals surface area (Å²) in [6.45, 7) is 3.13. The largest absolute Gasteiger partial charge is 0.467 e. The highest BCUT2D eigenvalue weighted by atomic mass is 19.1. The Morgan fingerprint density at radius 2 is 1.87 bits per heavy atom. The molecule has 2 N–H and O–H groups in total. The number of amides is 3. The van der Waals surface area contributed by atoms with Crippen LogP contribution in [0.3, 0.4) is 0 Å². The number of furan rings is 1. The van der Waals surface area contributed by atoms with Gasteiger partial charge in [-0.25, -0.2) is 4.39 Å². The minimum absolute atomic E-state index is 0.0858. The molecule has 1 aliphatic heterocycles. The normalized spacial score (nSPS) is 15.5. The van der Waals surface area contributed by atoms with Crippen LogP contribution in [0.1, 0.15) is 42.3 Å². The maximum Gasteiger partial charge on any atom is 0.251 e. The van der Waals surface area contributed by atoms with Crippen LogP contribution in [0.4, 0.5) is 4.39 Å². The number of nitrogens with zero attached hydrogens (tertiary/aromatic N) is 1. The second-order valence-electron chi connectivity index (χ2n) is 7.33. The molecule has 0 spiro atoms. The molecule has 1 aromatic carbocycles. The highest BCUT2D eigenvalue weighted by Gasteiger charge is 2.33. The van der Waals surface area contributed by atoms with Crippen LogP contribution in [-0.2, 0) is 16.1 Å². The van der Waals surface area contributed by atoms with Crippen molar-refractivity contribution < 1.29 is 23.2 Å². The first kappa shape index (κ1) is 21.5. The number of carbonyl (C=O) groups is 3. The van der Waals surface area contributed by atoms with E-state index in [1.54, 1.807) is 17.0 Å². The molecule has 7 nitrogen and oxygen atoms in total. The summed E-state index contributed by atoms with van der Waals surface area (Å²) in [5.41, 5.74) is 0.277. The number of nitrogens with one attached hydrogen (secondary N) is 2. The number of rotatable bonds is 7. The molecule has 0 radical (unpaired) electrons. The summed E-state index contributed by atoms with van der Waals surface area (Å²) in [5.74, 6) is -0.626. The number of likely N-dealkylation sites (tertiary alicyclic amines) is 1. The van der Waals surface area contributed by atoms with Gasteiger partial charge in [-0.2, -0.15) is 0 Å². The molecule has 0 bridgehead atoms. The monoisotopic (exact) mass is 415 g/mol. The van der Waals surface area contributed by atoms with E-state index in [1.807, 2.05) is 6.92 Å². The summed E-state index contributed by atoms with van der Waals surface area (Å²) in [5, 5.41) is 5.61. The Morgan fingerprint density at radius 1 is 1.17 bits per heavy atom. The Hall–Kier alpha value is -3.16. The zero-order valence-corrected chi connectivity index (χ0v) is 16.9. The third-order valence-electron chi connectivity index (χ3n) is 5.36. The van der Waals surface area contributed by atoms with Gasteiger partial charge in [0.05, 0.1) is 12.8 Å². The number of piperidine rings is 1. The van der Waals surface area contributed by atoms with E-state index in [0.717, 1.165) is 0 Å². The summed E-state index contributed by atoms with van der Waals surface area (Å²) in [4.78, 5) is 39.3. The molecule has 0 aliphatic carbocycles. The van der Waals surface area contributed by atoms with Gasteiger partial charge in [-0.15, -0.1) is 0 Å². The first-order valence-electron chi connectivity index (χ1n) is 10.1. The van der Waals surface area contributed by atoms with Crippen molar-refractivity contribution in [2.45, 2.75) is 38.8 Å². The summed E-state index contributed by atoms with van der Waals surface area (Å²) < 4.78 is 18.4. The van der Waals surface area contributed by atoms with Gasteiger partial charge in [-0.3, -0.25) is 14.4 Å². The van der Waals surface area contributed by atoms with Crippen molar-refractivity contribution >= 4 is 17.7 Å². The van der Waals surface area contributed by atoms with E-state index in [1.165, 1.54) is 30.5 Å². The molecule has 0 saturated carbocycles. The third-order valence-corrected chi connectivity index (χ3v) is 5.36. The molecule has 160 valence electrons. The summed E-state index contributed by atoms with van der Waals surface area (Å²) in [6, 6.07) is 7.88. The quantitative estimate of drug-likeness (QED) is 0.727. The lowest BCUT2D eigenvalue weighted by atomic mass is 9.88. The first-order chi connectivity index (χ1) is 14.5. The van der Waals surface area contributed by atoms with E-state index in [4.69, 9.17) is 4.42 Å². The number of benzene rings is 1. The van der Waals surface area contributed by atoms with Gasteiger partial charge in [0.2, 0.25) is 11.8 Å². The lowest BCUT2D eigenvalue weighted by Crippen LogP contribution is -2.53. The molecule has 1 atom stereocenters. The van der Waals surface area contributed by atoms with E-state index >= 15 is 0 Å². The van der Waals surface area contributed by atoms with Crippen molar-refractivity contribution in [2.24, 2.45) is 5.92 Å². The Kier molecular flexibility index (Phi) is 7.21. The van der Waals surface area contributed by atoms with E-state index in [0.29, 0.717) is 38.1 Å². The summed E-state index contributed by atoms with van der Waals surface area (Å²) in [6.07, 6.45) is 3.18. The Balaban J connectivity index is 1.69. The van der Waals surface area contributed by atoms with Crippen molar-refractivity contribution in [2.75, 3.05) is 13.1 Å². The first-order valence-corrected chi connectivity index (χ1v) is 10.1. The van der Waals surface area contributed by atoms with E-state index < -0.39 is 17.8 Å². The molecule has 3 rings (SSSR count). The van der Waals surface area contributed by atoms with Gasteiger partial charge in [0.15, 0.2) is 0 Å². The fourth-order valence-corrected chi connectivity index (χ4v) is 3.63. The van der Waals surface area contributed by atoms with Crippen LogP contribution in [0.15, 0.2) is 47.1 Å². The van der Waals surface area contributed by atoms with Crippen LogP contribution in [0.25, 0.3) is 0 Å². The number of hydrogen-bond donors (Lipinski definition) is 2. The number of halogens is 1. The standard InChI is InChI=1S/C22H26FN3O4/c1-2-19(27)26-11-9-15(10-12-26)20(22(29)24-14-18-4-3-13-30-18)25-21(28)16-5-7-17(23)8-6-16/h3-8,13,15,20H,2,9-12,14H2,1H3,(H,24,29)(H,25,28)/t20-/m0/s1. The third kappa shape index (κ3) is 5.46. The Labute approximate surface area is 174 Å². The lowest BCUT2D eigenvalue weighted by molar-refractivity contribution is -0.132. The van der Waals surface area contributed by atoms with E-state index in [9.17, 15) is 18.8 Å². The van der Waals surface area contributed by atoms with Crippen molar-refractivity contribution in [1.82, 2.24) is 15.5 Å². The fraction of sp³-hybridized carbons (Fsp3) is 0.409. The summed E-state index contributed by atoms with van der Waals surface area (Å²) >= 11 is 0. The Bertz CT molecular complexity index is 859. The molecule has 1 aromatic heterocycles. The van der Waals surface area contributed by atoms with Crippen LogP contribution in [-0.4, -0.2) is 41.8 Å². The zero-order chi connectivity index (χ0) is 21.5.